The molecule has 0 radical (unpaired) electrons. The van der Waals surface area contributed by atoms with E-state index >= 15 is 0 Å². The highest BCUT2D eigenvalue weighted by atomic mass is 35.5. The van der Waals surface area contributed by atoms with E-state index in [2.05, 4.69) is 6.58 Å². The first-order valence-corrected chi connectivity index (χ1v) is 4.46. The van der Waals surface area contributed by atoms with Gasteiger partial charge in [0.05, 0.1) is 0 Å². The zero-order valence-corrected chi connectivity index (χ0v) is 9.58. The maximum absolute atomic E-state index is 13.2. The fraction of sp³-hybridized carbons (Fsp3) is 0.273. The molecule has 0 heterocycles. The van der Waals surface area contributed by atoms with Crippen LogP contribution in [0.3, 0.4) is 0 Å². The van der Waals surface area contributed by atoms with Gasteiger partial charge in [0.15, 0.2) is 0 Å². The van der Waals surface area contributed by atoms with Crippen LogP contribution in [0.5, 0.6) is 0 Å². The van der Waals surface area contributed by atoms with Crippen molar-refractivity contribution in [2.45, 2.75) is 19.4 Å². The largest absolute Gasteiger partial charge is 0.324 e. The van der Waals surface area contributed by atoms with Gasteiger partial charge in [-0.15, -0.1) is 19.0 Å². The number of rotatable bonds is 3. The van der Waals surface area contributed by atoms with Crippen molar-refractivity contribution >= 4 is 12.4 Å². The average molecular weight is 252 g/mol. The lowest BCUT2D eigenvalue weighted by atomic mass is 10.00. The van der Waals surface area contributed by atoms with E-state index in [4.69, 9.17) is 5.73 Å². The second-order valence-corrected chi connectivity index (χ2v) is 3.55. The van der Waals surface area contributed by atoms with Crippen molar-refractivity contribution in [1.29, 1.82) is 0 Å². The summed E-state index contributed by atoms with van der Waals surface area (Å²) in [6.45, 7) is 5.31. The van der Waals surface area contributed by atoms with Crippen LogP contribution in [0.4, 0.5) is 13.2 Å². The van der Waals surface area contributed by atoms with Gasteiger partial charge in [-0.1, -0.05) is 5.57 Å². The molecule has 16 heavy (non-hydrogen) atoms. The monoisotopic (exact) mass is 251 g/mol. The normalized spacial score (nSPS) is 11.8. The Kier molecular flexibility index (Phi) is 5.55. The molecule has 90 valence electrons. The molecule has 2 N–H and O–H groups in total. The van der Waals surface area contributed by atoms with Crippen LogP contribution < -0.4 is 5.73 Å². The smallest absolute Gasteiger partial charge is 0.133 e. The predicted octanol–water partition coefficient (Wildman–Crippen LogP) is 3.49. The lowest BCUT2D eigenvalue weighted by molar-refractivity contribution is 0.501. The molecule has 1 nitrogen and oxygen atoms in total. The van der Waals surface area contributed by atoms with E-state index in [0.717, 1.165) is 0 Å². The molecule has 0 fully saturated rings. The molecule has 1 aromatic carbocycles. The van der Waals surface area contributed by atoms with Gasteiger partial charge >= 0.3 is 0 Å². The van der Waals surface area contributed by atoms with Crippen LogP contribution in [0.25, 0.3) is 0 Å². The Balaban J connectivity index is 0.00000225. The van der Waals surface area contributed by atoms with E-state index in [9.17, 15) is 13.2 Å². The summed E-state index contributed by atoms with van der Waals surface area (Å²) in [4.78, 5) is 0. The Morgan fingerprint density at radius 3 is 2.12 bits per heavy atom. The fourth-order valence-electron chi connectivity index (χ4n) is 1.39. The molecule has 0 unspecified atom stereocenters. The van der Waals surface area contributed by atoms with Gasteiger partial charge in [-0.3, -0.25) is 0 Å². The van der Waals surface area contributed by atoms with Crippen molar-refractivity contribution in [3.63, 3.8) is 0 Å². The molecule has 0 bridgehead atoms. The molecular weight excluding hydrogens is 239 g/mol. The second kappa shape index (κ2) is 5.92. The van der Waals surface area contributed by atoms with E-state index in [0.29, 0.717) is 17.7 Å². The third kappa shape index (κ3) is 3.54. The maximum Gasteiger partial charge on any atom is 0.133 e. The lowest BCUT2D eigenvalue weighted by Crippen LogP contribution is -2.14. The van der Waals surface area contributed by atoms with Gasteiger partial charge < -0.3 is 5.73 Å². The summed E-state index contributed by atoms with van der Waals surface area (Å²) in [5.74, 6) is -2.86. The summed E-state index contributed by atoms with van der Waals surface area (Å²) in [7, 11) is 0. The number of benzene rings is 1. The van der Waals surface area contributed by atoms with Crippen LogP contribution >= 0.6 is 12.4 Å². The molecule has 1 aromatic rings. The third-order valence-corrected chi connectivity index (χ3v) is 1.98. The van der Waals surface area contributed by atoms with Crippen LogP contribution in [0.1, 0.15) is 24.9 Å². The summed E-state index contributed by atoms with van der Waals surface area (Å²) in [6, 6.07) is 0.413. The first-order valence-electron chi connectivity index (χ1n) is 4.46. The van der Waals surface area contributed by atoms with Crippen molar-refractivity contribution in [3.8, 4) is 0 Å². The highest BCUT2D eigenvalue weighted by Gasteiger charge is 2.18. The first-order chi connectivity index (χ1) is 6.91. The molecule has 0 saturated carbocycles. The van der Waals surface area contributed by atoms with Gasteiger partial charge in [-0.05, 0) is 13.3 Å². The minimum absolute atomic E-state index is 0. The average Bonchev–Trinajstić information content (AvgIpc) is 1.99. The van der Waals surface area contributed by atoms with Crippen molar-refractivity contribution in [2.75, 3.05) is 0 Å². The van der Waals surface area contributed by atoms with Crippen molar-refractivity contribution in [1.82, 2.24) is 0 Å². The number of halogens is 4. The minimum atomic E-state index is -0.957. The van der Waals surface area contributed by atoms with Crippen LogP contribution in [0.15, 0.2) is 24.3 Å². The van der Waals surface area contributed by atoms with E-state index < -0.39 is 23.5 Å². The zero-order chi connectivity index (χ0) is 11.6. The Bertz CT molecular complexity index is 370. The van der Waals surface area contributed by atoms with Gasteiger partial charge in [0.1, 0.15) is 17.5 Å². The molecule has 1 atom stereocenters. The van der Waals surface area contributed by atoms with Crippen molar-refractivity contribution in [3.05, 3.63) is 47.3 Å². The van der Waals surface area contributed by atoms with Crippen molar-refractivity contribution < 1.29 is 13.2 Å². The van der Waals surface area contributed by atoms with Gasteiger partial charge in [0, 0.05) is 23.7 Å². The number of nitrogens with two attached hydrogens (primary N) is 1. The molecule has 1 rings (SSSR count). The van der Waals surface area contributed by atoms with E-state index in [1.165, 1.54) is 0 Å². The molecular formula is C11H13ClF3N. The van der Waals surface area contributed by atoms with E-state index in [-0.39, 0.29) is 24.4 Å². The maximum atomic E-state index is 13.2. The number of hydrogen-bond acceptors (Lipinski definition) is 1. The standard InChI is InChI=1S/C11H12F3N.ClH/c1-6(2)3-10(15)11-8(13)4-7(12)5-9(11)14;/h4-5,10H,1,3,15H2,2H3;1H/t10-;/m0./s1. The molecule has 0 aromatic heterocycles. The molecule has 0 aliphatic rings. The third-order valence-electron chi connectivity index (χ3n) is 1.98. The van der Waals surface area contributed by atoms with Crippen LogP contribution in [-0.2, 0) is 0 Å². The molecule has 0 aliphatic heterocycles. The van der Waals surface area contributed by atoms with Crippen LogP contribution in [0.2, 0.25) is 0 Å². The molecule has 0 saturated heterocycles. The lowest BCUT2D eigenvalue weighted by Gasteiger charge is -2.13. The van der Waals surface area contributed by atoms with Gasteiger partial charge in [0.25, 0.3) is 0 Å². The fourth-order valence-corrected chi connectivity index (χ4v) is 1.39. The SMILES string of the molecule is C=C(C)C[C@H](N)c1c(F)cc(F)cc1F.Cl. The van der Waals surface area contributed by atoms with Crippen LogP contribution in [-0.4, -0.2) is 0 Å². The molecule has 5 heteroatoms. The second-order valence-electron chi connectivity index (χ2n) is 3.55. The molecule has 0 aliphatic carbocycles. The summed E-state index contributed by atoms with van der Waals surface area (Å²) >= 11 is 0. The highest BCUT2D eigenvalue weighted by molar-refractivity contribution is 5.85. The Morgan fingerprint density at radius 2 is 1.75 bits per heavy atom. The predicted molar refractivity (Wildman–Crippen MR) is 59.9 cm³/mol. The Hall–Kier alpha value is -1.00. The topological polar surface area (TPSA) is 26.0 Å². The molecule has 0 spiro atoms. The van der Waals surface area contributed by atoms with Gasteiger partial charge in [-0.2, -0.15) is 0 Å². The first kappa shape index (κ1) is 15.0. The summed E-state index contributed by atoms with van der Waals surface area (Å²) in [5.41, 5.74) is 6.01. The zero-order valence-electron chi connectivity index (χ0n) is 8.77. The van der Waals surface area contributed by atoms with Crippen LogP contribution in [0, 0.1) is 17.5 Å². The summed E-state index contributed by atoms with van der Waals surface area (Å²) < 4.78 is 39.0. The number of hydrogen-bond donors (Lipinski definition) is 1. The van der Waals surface area contributed by atoms with E-state index in [1.807, 2.05) is 0 Å². The summed E-state index contributed by atoms with van der Waals surface area (Å²) in [6.07, 6.45) is 0.263. The highest BCUT2D eigenvalue weighted by Crippen LogP contribution is 2.24. The quantitative estimate of drug-likeness (QED) is 0.818. The van der Waals surface area contributed by atoms with Gasteiger partial charge in [0.2, 0.25) is 0 Å². The van der Waals surface area contributed by atoms with Gasteiger partial charge in [-0.25, -0.2) is 13.2 Å². The van der Waals surface area contributed by atoms with Crippen molar-refractivity contribution in [2.24, 2.45) is 5.73 Å². The van der Waals surface area contributed by atoms with E-state index in [1.54, 1.807) is 6.92 Å². The molecule has 0 amide bonds. The Morgan fingerprint density at radius 1 is 1.31 bits per heavy atom. The Labute approximate surface area is 98.6 Å². The summed E-state index contributed by atoms with van der Waals surface area (Å²) in [5, 5.41) is 0. The minimum Gasteiger partial charge on any atom is -0.324 e.